The summed E-state index contributed by atoms with van der Waals surface area (Å²) in [6.07, 6.45) is 0.728. The second-order valence-electron chi connectivity index (χ2n) is 4.35. The molecular formula is C15H16O4. The minimum absolute atomic E-state index is 0.121. The van der Waals surface area contributed by atoms with Crippen LogP contribution in [0, 0.1) is 11.8 Å². The van der Waals surface area contributed by atoms with Gasteiger partial charge in [0.15, 0.2) is 11.9 Å². The molecule has 0 aromatic heterocycles. The second-order valence-corrected chi connectivity index (χ2v) is 4.35. The van der Waals surface area contributed by atoms with Crippen molar-refractivity contribution in [2.45, 2.75) is 26.4 Å². The molecule has 0 spiro atoms. The monoisotopic (exact) mass is 260 g/mol. The first-order valence-electron chi connectivity index (χ1n) is 5.81. The Kier molecular flexibility index (Phi) is 5.13. The predicted octanol–water partition coefficient (Wildman–Crippen LogP) is 2.22. The molecule has 0 aliphatic carbocycles. The molecule has 0 radical (unpaired) electrons. The Balaban J connectivity index is 2.60. The normalized spacial score (nSPS) is 10.1. The zero-order valence-corrected chi connectivity index (χ0v) is 11.2. The highest BCUT2D eigenvalue weighted by molar-refractivity contribution is 5.79. The first kappa shape index (κ1) is 14.8. The van der Waals surface area contributed by atoms with Gasteiger partial charge in [0.2, 0.25) is 0 Å². The lowest BCUT2D eigenvalue weighted by Crippen LogP contribution is -2.24. The van der Waals surface area contributed by atoms with E-state index in [0.717, 1.165) is 6.29 Å². The van der Waals surface area contributed by atoms with Gasteiger partial charge in [0.1, 0.15) is 12.4 Å². The Morgan fingerprint density at radius 1 is 1.37 bits per heavy atom. The summed E-state index contributed by atoms with van der Waals surface area (Å²) in [7, 11) is 0. The SMILES string of the molecule is CC(=O)OC(C)(C)C#CCOc1ccccc1C=O. The third-order valence-corrected chi connectivity index (χ3v) is 2.13. The number of hydrogen-bond donors (Lipinski definition) is 0. The molecule has 0 saturated heterocycles. The van der Waals surface area contributed by atoms with E-state index >= 15 is 0 Å². The van der Waals surface area contributed by atoms with E-state index < -0.39 is 5.60 Å². The summed E-state index contributed by atoms with van der Waals surface area (Å²) in [5, 5.41) is 0. The summed E-state index contributed by atoms with van der Waals surface area (Å²) < 4.78 is 10.4. The van der Waals surface area contributed by atoms with E-state index in [1.807, 2.05) is 0 Å². The molecule has 1 aromatic rings. The summed E-state index contributed by atoms with van der Waals surface area (Å²) in [5.41, 5.74) is -0.372. The van der Waals surface area contributed by atoms with Crippen LogP contribution in [-0.4, -0.2) is 24.5 Å². The summed E-state index contributed by atoms with van der Waals surface area (Å²) in [6.45, 7) is 4.84. The Bertz CT molecular complexity index is 520. The molecule has 0 bridgehead atoms. The molecule has 0 aliphatic rings. The van der Waals surface area contributed by atoms with Gasteiger partial charge >= 0.3 is 5.97 Å². The van der Waals surface area contributed by atoms with Gasteiger partial charge in [-0.2, -0.15) is 0 Å². The molecule has 0 atom stereocenters. The quantitative estimate of drug-likeness (QED) is 0.473. The third kappa shape index (κ3) is 5.26. The maximum absolute atomic E-state index is 10.8. The highest BCUT2D eigenvalue weighted by atomic mass is 16.6. The molecule has 0 aliphatic heterocycles. The van der Waals surface area contributed by atoms with E-state index in [4.69, 9.17) is 9.47 Å². The number of ether oxygens (including phenoxy) is 2. The van der Waals surface area contributed by atoms with Crippen LogP contribution < -0.4 is 4.74 Å². The molecule has 0 unspecified atom stereocenters. The lowest BCUT2D eigenvalue weighted by molar-refractivity contribution is -0.148. The van der Waals surface area contributed by atoms with E-state index in [2.05, 4.69) is 11.8 Å². The molecule has 0 saturated carbocycles. The van der Waals surface area contributed by atoms with Gasteiger partial charge in [-0.15, -0.1) is 0 Å². The van der Waals surface area contributed by atoms with Gasteiger partial charge in [0.05, 0.1) is 5.56 Å². The first-order chi connectivity index (χ1) is 8.94. The Morgan fingerprint density at radius 3 is 2.68 bits per heavy atom. The van der Waals surface area contributed by atoms with Crippen LogP contribution in [0.5, 0.6) is 5.75 Å². The second kappa shape index (κ2) is 6.60. The maximum Gasteiger partial charge on any atom is 0.304 e. The van der Waals surface area contributed by atoms with Crippen molar-refractivity contribution in [1.29, 1.82) is 0 Å². The standard InChI is InChI=1S/C15H16O4/c1-12(17)19-15(2,3)9-6-10-18-14-8-5-4-7-13(14)11-16/h4-5,7-8,11H,10H2,1-3H3. The van der Waals surface area contributed by atoms with E-state index in [-0.39, 0.29) is 12.6 Å². The number of hydrogen-bond acceptors (Lipinski definition) is 4. The number of benzene rings is 1. The number of rotatable bonds is 4. The van der Waals surface area contributed by atoms with Crippen LogP contribution in [0.4, 0.5) is 0 Å². The highest BCUT2D eigenvalue weighted by Crippen LogP contribution is 2.15. The zero-order valence-electron chi connectivity index (χ0n) is 11.2. The van der Waals surface area contributed by atoms with Crippen LogP contribution >= 0.6 is 0 Å². The van der Waals surface area contributed by atoms with E-state index in [1.165, 1.54) is 6.92 Å². The fourth-order valence-electron chi connectivity index (χ4n) is 1.46. The number of esters is 1. The van der Waals surface area contributed by atoms with Crippen LogP contribution in [0.25, 0.3) is 0 Å². The minimum atomic E-state index is -0.848. The van der Waals surface area contributed by atoms with Crippen molar-refractivity contribution < 1.29 is 19.1 Å². The fraction of sp³-hybridized carbons (Fsp3) is 0.333. The fourth-order valence-corrected chi connectivity index (χ4v) is 1.46. The number of para-hydroxylation sites is 1. The Morgan fingerprint density at radius 2 is 2.05 bits per heavy atom. The largest absolute Gasteiger partial charge is 0.480 e. The molecule has 1 aromatic carbocycles. The van der Waals surface area contributed by atoms with Crippen molar-refractivity contribution in [3.63, 3.8) is 0 Å². The summed E-state index contributed by atoms with van der Waals surface area (Å²) in [4.78, 5) is 21.6. The van der Waals surface area contributed by atoms with Crippen LogP contribution in [0.3, 0.4) is 0 Å². The van der Waals surface area contributed by atoms with Crippen molar-refractivity contribution in [1.82, 2.24) is 0 Å². The molecule has 1 rings (SSSR count). The maximum atomic E-state index is 10.8. The van der Waals surface area contributed by atoms with Crippen LogP contribution in [-0.2, 0) is 9.53 Å². The number of carbonyl (C=O) groups is 2. The summed E-state index contributed by atoms with van der Waals surface area (Å²) in [6, 6.07) is 6.89. The zero-order chi connectivity index (χ0) is 14.3. The van der Waals surface area contributed by atoms with Gasteiger partial charge in [-0.25, -0.2) is 0 Å². The van der Waals surface area contributed by atoms with Crippen LogP contribution in [0.1, 0.15) is 31.1 Å². The third-order valence-electron chi connectivity index (χ3n) is 2.13. The summed E-state index contributed by atoms with van der Waals surface area (Å²) in [5.74, 6) is 5.66. The average Bonchev–Trinajstić information content (AvgIpc) is 2.33. The molecule has 0 heterocycles. The molecule has 0 fully saturated rings. The first-order valence-corrected chi connectivity index (χ1v) is 5.81. The Hall–Kier alpha value is -2.28. The molecular weight excluding hydrogens is 244 g/mol. The molecule has 4 nitrogen and oxygen atoms in total. The van der Waals surface area contributed by atoms with E-state index in [9.17, 15) is 9.59 Å². The Labute approximate surface area is 112 Å². The topological polar surface area (TPSA) is 52.6 Å². The smallest absolute Gasteiger partial charge is 0.304 e. The van der Waals surface area contributed by atoms with Crippen molar-refractivity contribution in [3.8, 4) is 17.6 Å². The predicted molar refractivity (Wildman–Crippen MR) is 70.9 cm³/mol. The highest BCUT2D eigenvalue weighted by Gasteiger charge is 2.16. The van der Waals surface area contributed by atoms with Crippen molar-refractivity contribution in [3.05, 3.63) is 29.8 Å². The van der Waals surface area contributed by atoms with Crippen molar-refractivity contribution in [2.75, 3.05) is 6.61 Å². The van der Waals surface area contributed by atoms with Gasteiger partial charge in [-0.05, 0) is 26.0 Å². The van der Waals surface area contributed by atoms with Gasteiger partial charge in [-0.1, -0.05) is 24.0 Å². The van der Waals surface area contributed by atoms with E-state index in [0.29, 0.717) is 11.3 Å². The van der Waals surface area contributed by atoms with E-state index in [1.54, 1.807) is 38.1 Å². The lowest BCUT2D eigenvalue weighted by atomic mass is 10.1. The van der Waals surface area contributed by atoms with Crippen LogP contribution in [0.2, 0.25) is 0 Å². The minimum Gasteiger partial charge on any atom is -0.480 e. The molecule has 0 amide bonds. The average molecular weight is 260 g/mol. The van der Waals surface area contributed by atoms with Crippen LogP contribution in [0.15, 0.2) is 24.3 Å². The molecule has 19 heavy (non-hydrogen) atoms. The van der Waals surface area contributed by atoms with Gasteiger partial charge in [-0.3, -0.25) is 9.59 Å². The summed E-state index contributed by atoms with van der Waals surface area (Å²) >= 11 is 0. The molecule has 0 N–H and O–H groups in total. The lowest BCUT2D eigenvalue weighted by Gasteiger charge is -2.17. The molecule has 4 heteroatoms. The number of carbonyl (C=O) groups excluding carboxylic acids is 2. The van der Waals surface area contributed by atoms with Gasteiger partial charge < -0.3 is 9.47 Å². The van der Waals surface area contributed by atoms with Crippen molar-refractivity contribution >= 4 is 12.3 Å². The number of aldehydes is 1. The van der Waals surface area contributed by atoms with Gasteiger partial charge in [0.25, 0.3) is 0 Å². The molecule has 100 valence electrons. The van der Waals surface area contributed by atoms with Crippen molar-refractivity contribution in [2.24, 2.45) is 0 Å². The van der Waals surface area contributed by atoms with Gasteiger partial charge in [0, 0.05) is 6.92 Å².